The van der Waals surface area contributed by atoms with Crippen LogP contribution in [0.4, 0.5) is 0 Å². The maximum Gasteiger partial charge on any atom is 0.130 e. The quantitative estimate of drug-likeness (QED) is 0.184. The summed E-state index contributed by atoms with van der Waals surface area (Å²) in [5.41, 5.74) is 11.4. The van der Waals surface area contributed by atoms with Crippen LogP contribution in [-0.2, 0) is 0 Å². The van der Waals surface area contributed by atoms with E-state index in [-0.39, 0.29) is 5.75 Å². The number of hydrogen-bond donors (Lipinski definition) is 1. The summed E-state index contributed by atoms with van der Waals surface area (Å²) < 4.78 is 13.8. The molecule has 5 nitrogen and oxygen atoms in total. The predicted molar refractivity (Wildman–Crippen MR) is 243 cm³/mol. The predicted octanol–water partition coefficient (Wildman–Crippen LogP) is 14.1. The van der Waals surface area contributed by atoms with Crippen LogP contribution in [0, 0.1) is 0 Å². The molecule has 0 bridgehead atoms. The summed E-state index contributed by atoms with van der Waals surface area (Å²) in [5.74, 6) is 1.58. The average molecular weight is 758 g/mol. The van der Waals surface area contributed by atoms with Crippen LogP contribution in [0.5, 0.6) is 17.2 Å². The van der Waals surface area contributed by atoms with Crippen molar-refractivity contribution in [2.45, 2.75) is 0 Å². The number of aromatic nitrogens is 3. The van der Waals surface area contributed by atoms with Gasteiger partial charge < -0.3 is 23.5 Å². The van der Waals surface area contributed by atoms with Gasteiger partial charge in [-0.05, 0) is 84.4 Å². The Hall–Kier alpha value is -8.02. The van der Waals surface area contributed by atoms with Gasteiger partial charge in [-0.2, -0.15) is 0 Å². The standard InChI is InChI=1S/C54H35N3O2/c58-54-27-12-6-16-41(54)35-30-38(33-40(31-35)59-39-15-13-14-36(32-39)55-48-22-7-1-17-42(48)43-18-2-8-23-49(43)55)57-52-26-11-5-21-46(52)47-34-37(28-29-53(47)57)56-50-24-9-3-19-44(50)45-20-4-10-25-51(45)56/h1-34,58H. The van der Waals surface area contributed by atoms with E-state index >= 15 is 0 Å². The van der Waals surface area contributed by atoms with Crippen LogP contribution in [0.1, 0.15) is 0 Å². The third-order valence-corrected chi connectivity index (χ3v) is 11.8. The minimum atomic E-state index is 0.210. The molecule has 0 saturated heterocycles. The van der Waals surface area contributed by atoms with Crippen LogP contribution in [0.3, 0.4) is 0 Å². The fraction of sp³-hybridized carbons (Fsp3) is 0. The zero-order valence-electron chi connectivity index (χ0n) is 31.8. The highest BCUT2D eigenvalue weighted by Crippen LogP contribution is 2.41. The molecule has 0 radical (unpaired) electrons. The van der Waals surface area contributed by atoms with Crippen molar-refractivity contribution >= 4 is 65.4 Å². The lowest BCUT2D eigenvalue weighted by Gasteiger charge is -2.16. The summed E-state index contributed by atoms with van der Waals surface area (Å²) in [7, 11) is 0. The Morgan fingerprint density at radius 2 is 0.746 bits per heavy atom. The summed E-state index contributed by atoms with van der Waals surface area (Å²) in [6.07, 6.45) is 0. The molecule has 0 atom stereocenters. The second kappa shape index (κ2) is 13.0. The highest BCUT2D eigenvalue weighted by atomic mass is 16.5. The molecular formula is C54H35N3O2. The second-order valence-corrected chi connectivity index (χ2v) is 15.1. The molecule has 0 aliphatic rings. The largest absolute Gasteiger partial charge is 0.507 e. The average Bonchev–Trinajstić information content (AvgIpc) is 3.92. The van der Waals surface area contributed by atoms with Crippen LogP contribution < -0.4 is 4.74 Å². The minimum absolute atomic E-state index is 0.210. The number of phenolic OH excluding ortho intramolecular Hbond substituents is 1. The van der Waals surface area contributed by atoms with E-state index < -0.39 is 0 Å². The maximum atomic E-state index is 11.1. The van der Waals surface area contributed by atoms with Crippen LogP contribution in [-0.4, -0.2) is 18.8 Å². The molecule has 3 aromatic heterocycles. The second-order valence-electron chi connectivity index (χ2n) is 15.1. The van der Waals surface area contributed by atoms with Gasteiger partial charge >= 0.3 is 0 Å². The van der Waals surface area contributed by atoms with Gasteiger partial charge in [-0.1, -0.05) is 115 Å². The van der Waals surface area contributed by atoms with Gasteiger partial charge in [0, 0.05) is 61.4 Å². The smallest absolute Gasteiger partial charge is 0.130 e. The molecule has 1 N–H and O–H groups in total. The van der Waals surface area contributed by atoms with E-state index in [0.717, 1.165) is 61.0 Å². The van der Waals surface area contributed by atoms with E-state index in [0.29, 0.717) is 11.5 Å². The fourth-order valence-electron chi connectivity index (χ4n) is 9.25. The van der Waals surface area contributed by atoms with E-state index in [1.165, 1.54) is 32.6 Å². The van der Waals surface area contributed by atoms with Crippen LogP contribution in [0.25, 0.3) is 93.6 Å². The first-order chi connectivity index (χ1) is 29.2. The van der Waals surface area contributed by atoms with Crippen LogP contribution >= 0.6 is 0 Å². The Morgan fingerprint density at radius 1 is 0.305 bits per heavy atom. The van der Waals surface area contributed by atoms with Crippen LogP contribution in [0.15, 0.2) is 206 Å². The molecule has 59 heavy (non-hydrogen) atoms. The number of hydrogen-bond acceptors (Lipinski definition) is 2. The van der Waals surface area contributed by atoms with Crippen molar-refractivity contribution in [1.82, 2.24) is 13.7 Å². The van der Waals surface area contributed by atoms with Crippen molar-refractivity contribution in [1.29, 1.82) is 0 Å². The first-order valence-corrected chi connectivity index (χ1v) is 19.9. The Kier molecular flexibility index (Phi) is 7.31. The number of rotatable bonds is 6. The topological polar surface area (TPSA) is 44.2 Å². The van der Waals surface area contributed by atoms with Gasteiger partial charge in [-0.15, -0.1) is 0 Å². The van der Waals surface area contributed by atoms with E-state index in [4.69, 9.17) is 4.74 Å². The lowest BCUT2D eigenvalue weighted by atomic mass is 10.0. The zero-order valence-corrected chi connectivity index (χ0v) is 31.8. The molecule has 3 heterocycles. The number of phenols is 1. The summed E-state index contributed by atoms with van der Waals surface area (Å²) in [6.45, 7) is 0. The van der Waals surface area contributed by atoms with E-state index in [1.54, 1.807) is 6.07 Å². The molecule has 278 valence electrons. The lowest BCUT2D eigenvalue weighted by Crippen LogP contribution is -1.98. The molecule has 0 aliphatic carbocycles. The number of aromatic hydroxyl groups is 1. The van der Waals surface area contributed by atoms with Gasteiger partial charge in [0.1, 0.15) is 17.2 Å². The first kappa shape index (κ1) is 33.2. The molecule has 9 aromatic carbocycles. The van der Waals surface area contributed by atoms with Crippen molar-refractivity contribution in [3.8, 4) is 45.4 Å². The third-order valence-electron chi connectivity index (χ3n) is 11.8. The SMILES string of the molecule is Oc1ccccc1-c1cc(Oc2cccc(-n3c4ccccc4c4ccccc43)c2)cc(-n2c3ccccc3c3cc(-n4c5ccccc5c5ccccc54)ccc32)c1. The fourth-order valence-corrected chi connectivity index (χ4v) is 9.25. The van der Waals surface area contributed by atoms with Gasteiger partial charge in [0.2, 0.25) is 0 Å². The Bertz CT molecular complexity index is 3520. The van der Waals surface area contributed by atoms with Gasteiger partial charge in [0.25, 0.3) is 0 Å². The van der Waals surface area contributed by atoms with Crippen molar-refractivity contribution in [3.63, 3.8) is 0 Å². The molecule has 0 spiro atoms. The number of fused-ring (bicyclic) bond motifs is 9. The lowest BCUT2D eigenvalue weighted by molar-refractivity contribution is 0.476. The van der Waals surface area contributed by atoms with Crippen LogP contribution in [0.2, 0.25) is 0 Å². The number of nitrogens with zero attached hydrogens (tertiary/aromatic N) is 3. The highest BCUT2D eigenvalue weighted by molar-refractivity contribution is 6.12. The van der Waals surface area contributed by atoms with Gasteiger partial charge in [0.15, 0.2) is 0 Å². The summed E-state index contributed by atoms with van der Waals surface area (Å²) >= 11 is 0. The Labute approximate surface area is 339 Å². The molecule has 12 rings (SSSR count). The molecule has 5 heteroatoms. The third kappa shape index (κ3) is 5.18. The van der Waals surface area contributed by atoms with Gasteiger partial charge in [0.05, 0.1) is 38.8 Å². The number of para-hydroxylation sites is 6. The van der Waals surface area contributed by atoms with Crippen molar-refractivity contribution in [2.75, 3.05) is 0 Å². The Balaban J connectivity index is 1.03. The van der Waals surface area contributed by atoms with Gasteiger partial charge in [-0.25, -0.2) is 0 Å². The van der Waals surface area contributed by atoms with E-state index in [1.807, 2.05) is 36.4 Å². The molecule has 0 amide bonds. The normalized spacial score (nSPS) is 11.8. The van der Waals surface area contributed by atoms with E-state index in [2.05, 4.69) is 177 Å². The van der Waals surface area contributed by atoms with Gasteiger partial charge in [-0.3, -0.25) is 0 Å². The monoisotopic (exact) mass is 757 g/mol. The van der Waals surface area contributed by atoms with Crippen molar-refractivity contribution < 1.29 is 9.84 Å². The molecular weight excluding hydrogens is 723 g/mol. The number of ether oxygens (including phenoxy) is 1. The molecule has 0 unspecified atom stereocenters. The number of benzene rings is 9. The van der Waals surface area contributed by atoms with Crippen molar-refractivity contribution in [2.24, 2.45) is 0 Å². The maximum absolute atomic E-state index is 11.1. The minimum Gasteiger partial charge on any atom is -0.507 e. The molecule has 0 fully saturated rings. The molecule has 0 aliphatic heterocycles. The molecule has 0 saturated carbocycles. The van der Waals surface area contributed by atoms with E-state index in [9.17, 15) is 5.11 Å². The zero-order chi connectivity index (χ0) is 39.0. The summed E-state index contributed by atoms with van der Waals surface area (Å²) in [5, 5.41) is 18.3. The summed E-state index contributed by atoms with van der Waals surface area (Å²) in [6, 6.07) is 71.7. The summed E-state index contributed by atoms with van der Waals surface area (Å²) in [4.78, 5) is 0. The first-order valence-electron chi connectivity index (χ1n) is 19.9. The van der Waals surface area contributed by atoms with Crippen molar-refractivity contribution in [3.05, 3.63) is 206 Å². The molecule has 12 aromatic rings. The Morgan fingerprint density at radius 3 is 1.31 bits per heavy atom. The highest BCUT2D eigenvalue weighted by Gasteiger charge is 2.19.